The highest BCUT2D eigenvalue weighted by molar-refractivity contribution is 5.78. The maximum Gasteiger partial charge on any atom is 0.326 e. The van der Waals surface area contributed by atoms with Gasteiger partial charge in [-0.1, -0.05) is 79.9 Å². The number of unbranched alkanes of at least 4 members (excludes halogenated alkanes) is 4. The first-order valence-corrected chi connectivity index (χ1v) is 10.8. The monoisotopic (exact) mass is 406 g/mol. The van der Waals surface area contributed by atoms with Crippen LogP contribution in [0.3, 0.4) is 0 Å². The van der Waals surface area contributed by atoms with E-state index in [-0.39, 0.29) is 11.7 Å². The number of carbonyl (C=O) groups is 1. The van der Waals surface area contributed by atoms with Gasteiger partial charge in [0.25, 0.3) is 0 Å². The number of hydrogen-bond donors (Lipinski definition) is 1. The Bertz CT molecular complexity index is 975. The molecule has 0 aliphatic rings. The Morgan fingerprint density at radius 3 is 2.13 bits per heavy atom. The van der Waals surface area contributed by atoms with Gasteiger partial charge in [-0.15, -0.1) is 0 Å². The quantitative estimate of drug-likeness (QED) is 0.342. The number of ether oxygens (including phenoxy) is 1. The van der Waals surface area contributed by atoms with Gasteiger partial charge >= 0.3 is 11.7 Å². The molecule has 1 aromatic heterocycles. The van der Waals surface area contributed by atoms with Crippen molar-refractivity contribution < 1.29 is 9.53 Å². The maximum absolute atomic E-state index is 12.8. The molecule has 0 radical (unpaired) electrons. The number of imidazole rings is 1. The third-order valence-electron chi connectivity index (χ3n) is 5.16. The van der Waals surface area contributed by atoms with Crippen molar-refractivity contribution in [1.82, 2.24) is 9.55 Å². The Hall–Kier alpha value is -3.08. The zero-order valence-electron chi connectivity index (χ0n) is 17.6. The maximum atomic E-state index is 12.8. The molecule has 30 heavy (non-hydrogen) atoms. The molecule has 0 fully saturated rings. The van der Waals surface area contributed by atoms with Gasteiger partial charge in [-0.3, -0.25) is 9.36 Å². The van der Waals surface area contributed by atoms with Gasteiger partial charge in [-0.25, -0.2) is 4.79 Å². The Balaban J connectivity index is 1.66. The summed E-state index contributed by atoms with van der Waals surface area (Å²) < 4.78 is 6.81. The number of nitrogens with one attached hydrogen (secondary N) is 1. The second kappa shape index (κ2) is 11.2. The number of aromatic amines is 1. The SMILES string of the molecule is CCOC(=O)CCCCCCCn1c(-c2ccccc2)c(-c2ccccc2)[nH]c1=O. The topological polar surface area (TPSA) is 64.1 Å². The van der Waals surface area contributed by atoms with E-state index in [0.717, 1.165) is 54.6 Å². The molecule has 2 aromatic carbocycles. The summed E-state index contributed by atoms with van der Waals surface area (Å²) in [7, 11) is 0. The van der Waals surface area contributed by atoms with Crippen molar-refractivity contribution in [1.29, 1.82) is 0 Å². The predicted octanol–water partition coefficient (Wildman–Crippen LogP) is 5.41. The number of aromatic nitrogens is 2. The number of rotatable bonds is 11. The van der Waals surface area contributed by atoms with Crippen LogP contribution in [0.1, 0.15) is 45.4 Å². The van der Waals surface area contributed by atoms with Crippen molar-refractivity contribution in [3.8, 4) is 22.5 Å². The molecule has 5 nitrogen and oxygen atoms in total. The number of benzene rings is 2. The van der Waals surface area contributed by atoms with E-state index >= 15 is 0 Å². The first kappa shape index (κ1) is 21.6. The summed E-state index contributed by atoms with van der Waals surface area (Å²) in [6.45, 7) is 2.94. The van der Waals surface area contributed by atoms with Gasteiger partial charge < -0.3 is 9.72 Å². The normalized spacial score (nSPS) is 10.8. The lowest BCUT2D eigenvalue weighted by molar-refractivity contribution is -0.143. The van der Waals surface area contributed by atoms with Crippen molar-refractivity contribution in [2.24, 2.45) is 0 Å². The fraction of sp³-hybridized carbons (Fsp3) is 0.360. The summed E-state index contributed by atoms with van der Waals surface area (Å²) in [5, 5.41) is 0. The minimum absolute atomic E-state index is 0.0741. The highest BCUT2D eigenvalue weighted by atomic mass is 16.5. The van der Waals surface area contributed by atoms with E-state index < -0.39 is 0 Å². The minimum atomic E-state index is -0.114. The molecule has 1 N–H and O–H groups in total. The molecule has 0 bridgehead atoms. The molecule has 0 spiro atoms. The first-order chi connectivity index (χ1) is 14.7. The lowest BCUT2D eigenvalue weighted by atomic mass is 10.0. The van der Waals surface area contributed by atoms with Crippen LogP contribution in [0.2, 0.25) is 0 Å². The van der Waals surface area contributed by atoms with Crippen LogP contribution in [0.4, 0.5) is 0 Å². The second-order valence-electron chi connectivity index (χ2n) is 7.36. The molecule has 3 aromatic rings. The van der Waals surface area contributed by atoms with Crippen molar-refractivity contribution in [2.75, 3.05) is 6.61 Å². The van der Waals surface area contributed by atoms with Crippen LogP contribution in [0.15, 0.2) is 65.5 Å². The molecule has 5 heteroatoms. The number of esters is 1. The molecular weight excluding hydrogens is 376 g/mol. The van der Waals surface area contributed by atoms with E-state index in [4.69, 9.17) is 4.74 Å². The van der Waals surface area contributed by atoms with E-state index in [9.17, 15) is 9.59 Å². The molecule has 0 atom stereocenters. The van der Waals surface area contributed by atoms with Gasteiger partial charge in [0.1, 0.15) is 0 Å². The lowest BCUT2D eigenvalue weighted by Gasteiger charge is -2.10. The average molecular weight is 407 g/mol. The fourth-order valence-electron chi connectivity index (χ4n) is 3.70. The molecule has 1 heterocycles. The summed E-state index contributed by atoms with van der Waals surface area (Å²) in [5.74, 6) is -0.114. The van der Waals surface area contributed by atoms with Gasteiger partial charge in [0, 0.05) is 24.1 Å². The van der Waals surface area contributed by atoms with Crippen LogP contribution >= 0.6 is 0 Å². The number of H-pyrrole nitrogens is 1. The number of hydrogen-bond acceptors (Lipinski definition) is 3. The molecule has 0 saturated carbocycles. The van der Waals surface area contributed by atoms with Crippen molar-refractivity contribution >= 4 is 5.97 Å². The van der Waals surface area contributed by atoms with Crippen LogP contribution in [-0.2, 0) is 16.1 Å². The van der Waals surface area contributed by atoms with Crippen molar-refractivity contribution in [3.05, 3.63) is 71.1 Å². The summed E-state index contributed by atoms with van der Waals surface area (Å²) in [4.78, 5) is 27.2. The Morgan fingerprint density at radius 1 is 0.867 bits per heavy atom. The van der Waals surface area contributed by atoms with E-state index in [1.807, 2.05) is 72.2 Å². The minimum Gasteiger partial charge on any atom is -0.466 e. The van der Waals surface area contributed by atoms with E-state index in [2.05, 4.69) is 4.98 Å². The predicted molar refractivity (Wildman–Crippen MR) is 120 cm³/mol. The molecule has 0 amide bonds. The van der Waals surface area contributed by atoms with Crippen molar-refractivity contribution in [2.45, 2.75) is 52.0 Å². The highest BCUT2D eigenvalue weighted by Gasteiger charge is 2.16. The molecular formula is C25H30N2O3. The number of nitrogens with zero attached hydrogens (tertiary/aromatic N) is 1. The van der Waals surface area contributed by atoms with Gasteiger partial charge in [0.15, 0.2) is 0 Å². The lowest BCUT2D eigenvalue weighted by Crippen LogP contribution is -2.17. The van der Waals surface area contributed by atoms with E-state index in [1.54, 1.807) is 0 Å². The third kappa shape index (κ3) is 5.72. The summed E-state index contributed by atoms with van der Waals surface area (Å²) in [6, 6.07) is 20.0. The molecule has 0 aliphatic heterocycles. The third-order valence-corrected chi connectivity index (χ3v) is 5.16. The second-order valence-corrected chi connectivity index (χ2v) is 7.36. The standard InChI is InChI=1S/C25H30N2O3/c1-2-30-22(28)18-12-4-3-5-13-19-27-24(21-16-10-7-11-17-21)23(26-25(27)29)20-14-8-6-9-15-20/h6-11,14-17H,2-5,12-13,18-19H2,1H3,(H,26,29). The first-order valence-electron chi connectivity index (χ1n) is 10.8. The van der Waals surface area contributed by atoms with Crippen LogP contribution < -0.4 is 5.69 Å². The molecule has 0 unspecified atom stereocenters. The van der Waals surface area contributed by atoms with E-state index in [0.29, 0.717) is 19.6 Å². The van der Waals surface area contributed by atoms with Crippen LogP contribution in [0.25, 0.3) is 22.5 Å². The highest BCUT2D eigenvalue weighted by Crippen LogP contribution is 2.29. The van der Waals surface area contributed by atoms with Gasteiger partial charge in [-0.05, 0) is 19.8 Å². The summed E-state index contributed by atoms with van der Waals surface area (Å²) in [5.41, 5.74) is 3.76. The fourth-order valence-corrected chi connectivity index (χ4v) is 3.70. The molecule has 3 rings (SSSR count). The summed E-state index contributed by atoms with van der Waals surface area (Å²) >= 11 is 0. The Labute approximate surface area is 177 Å². The van der Waals surface area contributed by atoms with Gasteiger partial charge in [-0.2, -0.15) is 0 Å². The smallest absolute Gasteiger partial charge is 0.326 e. The Morgan fingerprint density at radius 2 is 1.47 bits per heavy atom. The van der Waals surface area contributed by atoms with Crippen LogP contribution in [-0.4, -0.2) is 22.1 Å². The molecule has 0 saturated heterocycles. The molecule has 158 valence electrons. The van der Waals surface area contributed by atoms with Crippen LogP contribution in [0.5, 0.6) is 0 Å². The average Bonchev–Trinajstić information content (AvgIpc) is 3.10. The van der Waals surface area contributed by atoms with Gasteiger partial charge in [0.05, 0.1) is 18.0 Å². The Kier molecular flexibility index (Phi) is 8.07. The van der Waals surface area contributed by atoms with Crippen molar-refractivity contribution in [3.63, 3.8) is 0 Å². The number of carbonyl (C=O) groups excluding carboxylic acids is 1. The molecule has 0 aliphatic carbocycles. The zero-order valence-corrected chi connectivity index (χ0v) is 17.6. The van der Waals surface area contributed by atoms with Gasteiger partial charge in [0.2, 0.25) is 0 Å². The zero-order chi connectivity index (χ0) is 21.2. The summed E-state index contributed by atoms with van der Waals surface area (Å²) in [6.07, 6.45) is 5.34. The van der Waals surface area contributed by atoms with Crippen LogP contribution in [0, 0.1) is 0 Å². The van der Waals surface area contributed by atoms with E-state index in [1.165, 1.54) is 0 Å². The largest absolute Gasteiger partial charge is 0.466 e.